The fraction of sp³-hybridized carbons (Fsp3) is 0.444. The molecule has 0 saturated carbocycles. The average Bonchev–Trinajstić information content (AvgIpc) is 3.25. The number of halogens is 7. The molecule has 2 aromatic rings. The molecular formula is C27H29ClF6N4O4. The van der Waals surface area contributed by atoms with E-state index in [1.165, 1.54) is 11.5 Å². The minimum absolute atomic E-state index is 0.0998. The maximum absolute atomic E-state index is 15.4. The van der Waals surface area contributed by atoms with E-state index in [2.05, 4.69) is 16.8 Å². The molecule has 1 aromatic heterocycles. The number of benzene rings is 1. The lowest BCUT2D eigenvalue weighted by Gasteiger charge is -2.22. The van der Waals surface area contributed by atoms with Crippen molar-refractivity contribution < 1.29 is 40.6 Å². The van der Waals surface area contributed by atoms with Gasteiger partial charge in [0.25, 0.3) is 0 Å². The molecule has 2 heterocycles. The summed E-state index contributed by atoms with van der Waals surface area (Å²) in [6.07, 6.45) is -4.30. The molecule has 1 aliphatic heterocycles. The Kier molecular flexibility index (Phi) is 11.2. The molecule has 0 spiro atoms. The highest BCUT2D eigenvalue weighted by molar-refractivity contribution is 6.30. The number of rotatable bonds is 11. The largest absolute Gasteiger partial charge is 0.480 e. The lowest BCUT2D eigenvalue weighted by molar-refractivity contribution is -0.189. The number of allylic oxidation sites excluding steroid dienone is 4. The third-order valence-electron chi connectivity index (χ3n) is 6.19. The summed E-state index contributed by atoms with van der Waals surface area (Å²) in [6, 6.07) is 1.22. The standard InChI is InChI=1S/C27H29ClF6N4O4/c1-5-37-24(14-41-25-8-6-7-9-40-25)36-38(26(37)39)22-12-23(42-16(3)27(32,33)34)18(11-20(22)30)19(29)10-17(15(2)28)21(31)13-35-4/h10-13,16,25H,4-9,14H2,1-3H3/b17-15+,19-10-,21-13+/t16-,25?/m0/s1. The number of hydrogen-bond donors (Lipinski definition) is 0. The summed E-state index contributed by atoms with van der Waals surface area (Å²) < 4.78 is 103. The predicted molar refractivity (Wildman–Crippen MR) is 144 cm³/mol. The first-order chi connectivity index (χ1) is 19.8. The van der Waals surface area contributed by atoms with E-state index in [4.69, 9.17) is 25.8 Å². The first-order valence-corrected chi connectivity index (χ1v) is 13.2. The van der Waals surface area contributed by atoms with Gasteiger partial charge in [-0.3, -0.25) is 9.56 Å². The molecule has 42 heavy (non-hydrogen) atoms. The molecule has 0 amide bonds. The third-order valence-corrected chi connectivity index (χ3v) is 6.40. The molecule has 8 nitrogen and oxygen atoms in total. The molecule has 1 saturated heterocycles. The molecule has 1 fully saturated rings. The summed E-state index contributed by atoms with van der Waals surface area (Å²) in [5.41, 5.74) is -2.77. The van der Waals surface area contributed by atoms with Crippen LogP contribution in [0, 0.1) is 5.82 Å². The normalized spacial score (nSPS) is 18.1. The van der Waals surface area contributed by atoms with Crippen molar-refractivity contribution in [3.63, 3.8) is 0 Å². The van der Waals surface area contributed by atoms with E-state index in [-0.39, 0.29) is 24.0 Å². The summed E-state index contributed by atoms with van der Waals surface area (Å²) in [6.45, 7) is 7.05. The number of hydrogen-bond acceptors (Lipinski definition) is 6. The minimum atomic E-state index is -4.89. The SMILES string of the molecule is C=N\C=C(F)/C(/C=C(\F)c1cc(F)c(-n2nc(COC3CCCCO3)n(CC)c2=O)cc1O[C@@H](C)C(F)(F)F)=C(\C)Cl. The maximum Gasteiger partial charge on any atom is 0.425 e. The van der Waals surface area contributed by atoms with Gasteiger partial charge in [0.2, 0.25) is 0 Å². The van der Waals surface area contributed by atoms with E-state index in [9.17, 15) is 22.4 Å². The van der Waals surface area contributed by atoms with Crippen molar-refractivity contribution in [3.05, 3.63) is 68.5 Å². The second kappa shape index (κ2) is 14.2. The monoisotopic (exact) mass is 622 g/mol. The fourth-order valence-corrected chi connectivity index (χ4v) is 4.11. The third kappa shape index (κ3) is 7.92. The van der Waals surface area contributed by atoms with Gasteiger partial charge in [-0.1, -0.05) is 11.6 Å². The van der Waals surface area contributed by atoms with Gasteiger partial charge in [0, 0.05) is 29.8 Å². The fourth-order valence-electron chi connectivity index (χ4n) is 3.96. The van der Waals surface area contributed by atoms with Crippen LogP contribution in [0.5, 0.6) is 5.75 Å². The Morgan fingerprint density at radius 1 is 1.33 bits per heavy atom. The van der Waals surface area contributed by atoms with Crippen LogP contribution in [0.1, 0.15) is 51.4 Å². The average molecular weight is 623 g/mol. The van der Waals surface area contributed by atoms with Gasteiger partial charge in [-0.15, -0.1) is 5.10 Å². The molecule has 2 atom stereocenters. The summed E-state index contributed by atoms with van der Waals surface area (Å²) in [5, 5.41) is 3.88. The van der Waals surface area contributed by atoms with E-state index in [1.54, 1.807) is 6.92 Å². The van der Waals surface area contributed by atoms with Crippen molar-refractivity contribution in [2.24, 2.45) is 4.99 Å². The molecule has 0 aliphatic carbocycles. The highest BCUT2D eigenvalue weighted by Crippen LogP contribution is 2.36. The van der Waals surface area contributed by atoms with Gasteiger partial charge in [0.1, 0.15) is 35.5 Å². The van der Waals surface area contributed by atoms with E-state index in [0.29, 0.717) is 49.0 Å². The van der Waals surface area contributed by atoms with Crippen LogP contribution in [-0.4, -0.2) is 46.2 Å². The topological polar surface area (TPSA) is 79.9 Å². The summed E-state index contributed by atoms with van der Waals surface area (Å²) >= 11 is 5.85. The number of aromatic nitrogens is 3. The van der Waals surface area contributed by atoms with Crippen molar-refractivity contribution >= 4 is 24.1 Å². The van der Waals surface area contributed by atoms with Crippen molar-refractivity contribution in [2.45, 2.75) is 71.8 Å². The molecule has 0 radical (unpaired) electrons. The van der Waals surface area contributed by atoms with Crippen molar-refractivity contribution in [2.75, 3.05) is 6.61 Å². The van der Waals surface area contributed by atoms with Gasteiger partial charge >= 0.3 is 11.9 Å². The summed E-state index contributed by atoms with van der Waals surface area (Å²) in [4.78, 5) is 16.3. The lowest BCUT2D eigenvalue weighted by atomic mass is 10.1. The van der Waals surface area contributed by atoms with E-state index in [1.807, 2.05) is 0 Å². The van der Waals surface area contributed by atoms with Gasteiger partial charge in [-0.25, -0.2) is 18.0 Å². The quantitative estimate of drug-likeness (QED) is 0.155. The zero-order chi connectivity index (χ0) is 31.2. The molecule has 1 aromatic carbocycles. The van der Waals surface area contributed by atoms with Crippen molar-refractivity contribution in [3.8, 4) is 11.4 Å². The van der Waals surface area contributed by atoms with Gasteiger partial charge < -0.3 is 14.2 Å². The number of alkyl halides is 3. The highest BCUT2D eigenvalue weighted by Gasteiger charge is 2.39. The number of nitrogens with zero attached hydrogens (tertiary/aromatic N) is 4. The Morgan fingerprint density at radius 2 is 2.05 bits per heavy atom. The van der Waals surface area contributed by atoms with Crippen LogP contribution in [0.15, 0.2) is 50.6 Å². The molecule has 230 valence electrons. The minimum Gasteiger partial charge on any atom is -0.480 e. The first-order valence-electron chi connectivity index (χ1n) is 12.8. The van der Waals surface area contributed by atoms with Crippen LogP contribution in [0.25, 0.3) is 11.5 Å². The molecule has 3 rings (SSSR count). The van der Waals surface area contributed by atoms with Crippen LogP contribution in [0.4, 0.5) is 26.3 Å². The van der Waals surface area contributed by atoms with Crippen LogP contribution in [-0.2, 0) is 22.6 Å². The zero-order valence-electron chi connectivity index (χ0n) is 23.0. The first kappa shape index (κ1) is 33.1. The van der Waals surface area contributed by atoms with Gasteiger partial charge in [-0.2, -0.15) is 17.9 Å². The Hall–Kier alpha value is -3.36. The molecule has 1 unspecified atom stereocenters. The van der Waals surface area contributed by atoms with Gasteiger partial charge in [-0.05, 0) is 58.9 Å². The molecule has 0 bridgehead atoms. The molecule has 0 N–H and O–H groups in total. The van der Waals surface area contributed by atoms with E-state index in [0.717, 1.165) is 12.8 Å². The van der Waals surface area contributed by atoms with Gasteiger partial charge in [0.15, 0.2) is 18.2 Å². The second-order valence-corrected chi connectivity index (χ2v) is 9.73. The Labute approximate surface area is 242 Å². The molecule has 1 aliphatic rings. The van der Waals surface area contributed by atoms with Crippen LogP contribution in [0.3, 0.4) is 0 Å². The van der Waals surface area contributed by atoms with Crippen molar-refractivity contribution in [1.82, 2.24) is 14.3 Å². The Balaban J connectivity index is 2.13. The van der Waals surface area contributed by atoms with E-state index < -0.39 is 64.3 Å². The van der Waals surface area contributed by atoms with Crippen LogP contribution >= 0.6 is 11.6 Å². The van der Waals surface area contributed by atoms with Crippen molar-refractivity contribution in [1.29, 1.82) is 0 Å². The van der Waals surface area contributed by atoms with Gasteiger partial charge in [0.05, 0.1) is 11.8 Å². The second-order valence-electron chi connectivity index (χ2n) is 9.16. The lowest BCUT2D eigenvalue weighted by Crippen LogP contribution is -2.31. The summed E-state index contributed by atoms with van der Waals surface area (Å²) in [5.74, 6) is -4.43. The smallest absolute Gasteiger partial charge is 0.425 e. The predicted octanol–water partition coefficient (Wildman–Crippen LogP) is 6.90. The maximum atomic E-state index is 15.4. The number of ether oxygens (including phenoxy) is 3. The molecule has 15 heteroatoms. The zero-order valence-corrected chi connectivity index (χ0v) is 23.7. The van der Waals surface area contributed by atoms with Crippen LogP contribution < -0.4 is 10.4 Å². The Bertz CT molecular complexity index is 1440. The highest BCUT2D eigenvalue weighted by atomic mass is 35.5. The number of aliphatic imine (C=N–C) groups is 1. The molecular weight excluding hydrogens is 594 g/mol. The van der Waals surface area contributed by atoms with E-state index >= 15 is 8.78 Å². The van der Waals surface area contributed by atoms with Crippen LogP contribution in [0.2, 0.25) is 0 Å². The Morgan fingerprint density at radius 3 is 2.62 bits per heavy atom. The summed E-state index contributed by atoms with van der Waals surface area (Å²) in [7, 11) is 0.